The average Bonchev–Trinajstić information content (AvgIpc) is 2.75. The largest absolute Gasteiger partial charge is 0.259 e. The second-order valence-electron chi connectivity index (χ2n) is 3.80. The summed E-state index contributed by atoms with van der Waals surface area (Å²) in [5.74, 6) is -0.254. The number of fused-ring (bicyclic) bond motifs is 1. The SMILES string of the molecule is Fc1cccc2cnn(Cc3ccccn3)c12. The fourth-order valence-corrected chi connectivity index (χ4v) is 1.86. The Labute approximate surface area is 97.5 Å². The molecule has 0 saturated carbocycles. The lowest BCUT2D eigenvalue weighted by Crippen LogP contribution is -2.03. The van der Waals surface area contributed by atoms with E-state index in [4.69, 9.17) is 0 Å². The maximum Gasteiger partial charge on any atom is 0.149 e. The van der Waals surface area contributed by atoms with Crippen LogP contribution >= 0.6 is 0 Å². The Morgan fingerprint density at radius 1 is 1.12 bits per heavy atom. The van der Waals surface area contributed by atoms with E-state index in [1.807, 2.05) is 24.3 Å². The molecule has 3 aromatic rings. The van der Waals surface area contributed by atoms with Gasteiger partial charge in [0.05, 0.1) is 18.4 Å². The van der Waals surface area contributed by atoms with Gasteiger partial charge in [0.25, 0.3) is 0 Å². The molecule has 0 N–H and O–H groups in total. The van der Waals surface area contributed by atoms with E-state index in [0.717, 1.165) is 11.1 Å². The van der Waals surface area contributed by atoms with Gasteiger partial charge >= 0.3 is 0 Å². The van der Waals surface area contributed by atoms with Gasteiger partial charge in [-0.25, -0.2) is 4.39 Å². The molecule has 0 spiro atoms. The molecule has 0 aliphatic rings. The van der Waals surface area contributed by atoms with Crippen LogP contribution in [0.2, 0.25) is 0 Å². The van der Waals surface area contributed by atoms with E-state index in [9.17, 15) is 4.39 Å². The number of pyridine rings is 1. The monoisotopic (exact) mass is 227 g/mol. The van der Waals surface area contributed by atoms with Gasteiger partial charge in [0, 0.05) is 11.6 Å². The van der Waals surface area contributed by atoms with Gasteiger partial charge in [0.1, 0.15) is 11.3 Å². The first-order chi connectivity index (χ1) is 8.34. The van der Waals surface area contributed by atoms with Crippen LogP contribution in [0.15, 0.2) is 48.8 Å². The fourth-order valence-electron chi connectivity index (χ4n) is 1.86. The molecule has 0 saturated heterocycles. The summed E-state index contributed by atoms with van der Waals surface area (Å²) < 4.78 is 15.3. The Morgan fingerprint density at radius 3 is 2.88 bits per heavy atom. The van der Waals surface area contributed by atoms with Crippen LogP contribution in [-0.4, -0.2) is 14.8 Å². The Morgan fingerprint density at radius 2 is 2.06 bits per heavy atom. The number of nitrogens with zero attached hydrogens (tertiary/aromatic N) is 3. The van der Waals surface area contributed by atoms with Gasteiger partial charge in [-0.15, -0.1) is 0 Å². The van der Waals surface area contributed by atoms with Crippen LogP contribution in [0.25, 0.3) is 10.9 Å². The Hall–Kier alpha value is -2.23. The second-order valence-corrected chi connectivity index (χ2v) is 3.80. The molecule has 17 heavy (non-hydrogen) atoms. The molecule has 0 fully saturated rings. The molecule has 2 aromatic heterocycles. The maximum atomic E-state index is 13.7. The predicted octanol–water partition coefficient (Wildman–Crippen LogP) is 2.62. The van der Waals surface area contributed by atoms with Crippen molar-refractivity contribution in [1.82, 2.24) is 14.8 Å². The minimum Gasteiger partial charge on any atom is -0.259 e. The van der Waals surface area contributed by atoms with Gasteiger partial charge < -0.3 is 0 Å². The summed E-state index contributed by atoms with van der Waals surface area (Å²) in [5, 5.41) is 4.99. The van der Waals surface area contributed by atoms with Crippen molar-refractivity contribution in [1.29, 1.82) is 0 Å². The Kier molecular flexibility index (Phi) is 2.33. The summed E-state index contributed by atoms with van der Waals surface area (Å²) in [4.78, 5) is 4.21. The standard InChI is InChI=1S/C13H10FN3/c14-12-6-3-4-10-8-16-17(13(10)12)9-11-5-1-2-7-15-11/h1-8H,9H2. The van der Waals surface area contributed by atoms with Crippen LogP contribution in [0.1, 0.15) is 5.69 Å². The van der Waals surface area contributed by atoms with E-state index in [1.54, 1.807) is 23.1 Å². The topological polar surface area (TPSA) is 30.7 Å². The van der Waals surface area contributed by atoms with E-state index < -0.39 is 0 Å². The van der Waals surface area contributed by atoms with Crippen molar-refractivity contribution in [2.45, 2.75) is 6.54 Å². The smallest absolute Gasteiger partial charge is 0.149 e. The van der Waals surface area contributed by atoms with Crippen molar-refractivity contribution in [3.8, 4) is 0 Å². The van der Waals surface area contributed by atoms with Crippen molar-refractivity contribution >= 4 is 10.9 Å². The number of hydrogen-bond acceptors (Lipinski definition) is 2. The highest BCUT2D eigenvalue weighted by molar-refractivity contribution is 5.79. The predicted molar refractivity (Wildman–Crippen MR) is 63.0 cm³/mol. The molecular formula is C13H10FN3. The molecule has 4 heteroatoms. The summed E-state index contributed by atoms with van der Waals surface area (Å²) >= 11 is 0. The summed E-state index contributed by atoms with van der Waals surface area (Å²) in [6.07, 6.45) is 3.39. The zero-order valence-corrected chi connectivity index (χ0v) is 9.05. The van der Waals surface area contributed by atoms with Crippen molar-refractivity contribution in [3.63, 3.8) is 0 Å². The molecule has 0 aliphatic carbocycles. The zero-order valence-electron chi connectivity index (χ0n) is 9.05. The van der Waals surface area contributed by atoms with Crippen molar-refractivity contribution in [3.05, 3.63) is 60.3 Å². The molecule has 84 valence electrons. The molecule has 0 bridgehead atoms. The minimum absolute atomic E-state index is 0.254. The Bertz CT molecular complexity index is 646. The van der Waals surface area contributed by atoms with Gasteiger partial charge in [0.15, 0.2) is 0 Å². The summed E-state index contributed by atoms with van der Waals surface area (Å²) in [5.41, 5.74) is 1.39. The maximum absolute atomic E-state index is 13.7. The third-order valence-corrected chi connectivity index (χ3v) is 2.65. The number of hydrogen-bond donors (Lipinski definition) is 0. The van der Waals surface area contributed by atoms with Crippen LogP contribution in [0, 0.1) is 5.82 Å². The highest BCUT2D eigenvalue weighted by Gasteiger charge is 2.07. The quantitative estimate of drug-likeness (QED) is 0.673. The average molecular weight is 227 g/mol. The number of rotatable bonds is 2. The molecule has 0 aliphatic heterocycles. The molecule has 0 atom stereocenters. The van der Waals surface area contributed by atoms with Crippen molar-refractivity contribution < 1.29 is 4.39 Å². The Balaban J connectivity index is 2.07. The van der Waals surface area contributed by atoms with E-state index in [-0.39, 0.29) is 5.82 Å². The number of benzene rings is 1. The van der Waals surface area contributed by atoms with Crippen LogP contribution in [0.5, 0.6) is 0 Å². The molecule has 0 unspecified atom stereocenters. The molecular weight excluding hydrogens is 217 g/mol. The van der Waals surface area contributed by atoms with Gasteiger partial charge in [-0.05, 0) is 18.2 Å². The van der Waals surface area contributed by atoms with Crippen LogP contribution < -0.4 is 0 Å². The van der Waals surface area contributed by atoms with E-state index >= 15 is 0 Å². The number of aromatic nitrogens is 3. The number of halogens is 1. The third-order valence-electron chi connectivity index (χ3n) is 2.65. The molecule has 0 amide bonds. The van der Waals surface area contributed by atoms with Gasteiger partial charge in [0.2, 0.25) is 0 Å². The molecule has 1 aromatic carbocycles. The lowest BCUT2D eigenvalue weighted by molar-refractivity contribution is 0.614. The molecule has 3 rings (SSSR count). The molecule has 2 heterocycles. The normalized spacial score (nSPS) is 10.9. The second kappa shape index (κ2) is 3.97. The summed E-state index contributed by atoms with van der Waals surface area (Å²) in [7, 11) is 0. The first-order valence-electron chi connectivity index (χ1n) is 5.34. The van der Waals surface area contributed by atoms with Gasteiger partial charge in [-0.2, -0.15) is 5.10 Å². The minimum atomic E-state index is -0.254. The van der Waals surface area contributed by atoms with Crippen LogP contribution in [0.4, 0.5) is 4.39 Å². The van der Waals surface area contributed by atoms with Crippen LogP contribution in [0.3, 0.4) is 0 Å². The number of para-hydroxylation sites is 1. The van der Waals surface area contributed by atoms with E-state index in [0.29, 0.717) is 12.1 Å². The fraction of sp³-hybridized carbons (Fsp3) is 0.0769. The van der Waals surface area contributed by atoms with E-state index in [2.05, 4.69) is 10.1 Å². The first-order valence-corrected chi connectivity index (χ1v) is 5.34. The van der Waals surface area contributed by atoms with Crippen LogP contribution in [-0.2, 0) is 6.54 Å². The molecule has 0 radical (unpaired) electrons. The lowest BCUT2D eigenvalue weighted by Gasteiger charge is -2.03. The highest BCUT2D eigenvalue weighted by Crippen LogP contribution is 2.17. The lowest BCUT2D eigenvalue weighted by atomic mass is 10.2. The van der Waals surface area contributed by atoms with Gasteiger partial charge in [-0.1, -0.05) is 18.2 Å². The van der Waals surface area contributed by atoms with Gasteiger partial charge in [-0.3, -0.25) is 9.67 Å². The van der Waals surface area contributed by atoms with Crippen molar-refractivity contribution in [2.24, 2.45) is 0 Å². The van der Waals surface area contributed by atoms with Crippen molar-refractivity contribution in [2.75, 3.05) is 0 Å². The summed E-state index contributed by atoms with van der Waals surface area (Å²) in [6, 6.07) is 10.6. The summed E-state index contributed by atoms with van der Waals surface area (Å²) in [6.45, 7) is 0.477. The first kappa shape index (κ1) is 9.96. The molecule has 3 nitrogen and oxygen atoms in total. The third kappa shape index (κ3) is 1.78. The highest BCUT2D eigenvalue weighted by atomic mass is 19.1. The van der Waals surface area contributed by atoms with E-state index in [1.165, 1.54) is 6.07 Å². The zero-order chi connectivity index (χ0) is 11.7.